The first-order valence-electron chi connectivity index (χ1n) is 5.28. The van der Waals surface area contributed by atoms with Crippen molar-refractivity contribution < 1.29 is 4.65 Å². The first-order chi connectivity index (χ1) is 7.33. The van der Waals surface area contributed by atoms with E-state index < -0.39 is 0 Å². The molecule has 0 atom stereocenters. The number of nitrogens with zero attached hydrogens (tertiary/aromatic N) is 2. The summed E-state index contributed by atoms with van der Waals surface area (Å²) in [4.78, 5) is 1.88. The fraction of sp³-hybridized carbons (Fsp3) is 0.500. The van der Waals surface area contributed by atoms with Crippen LogP contribution in [-0.2, 0) is 4.65 Å². The highest BCUT2D eigenvalue weighted by Crippen LogP contribution is 2.11. The molecule has 80 valence electrons. The maximum Gasteiger partial charge on any atom is 0.479 e. The first-order valence-corrected chi connectivity index (χ1v) is 6.16. The molecule has 0 amide bonds. The van der Waals surface area contributed by atoms with Crippen LogP contribution in [0.2, 0.25) is 0 Å². The third kappa shape index (κ3) is 2.24. The smallest absolute Gasteiger partial charge is 0.411 e. The van der Waals surface area contributed by atoms with E-state index >= 15 is 0 Å². The molecule has 2 heterocycles. The molecular weight excluding hydrogens is 207 g/mol. The van der Waals surface area contributed by atoms with E-state index in [0.29, 0.717) is 0 Å². The predicted octanol–water partition coefficient (Wildman–Crippen LogP) is 1.54. The van der Waals surface area contributed by atoms with E-state index in [1.807, 2.05) is 18.2 Å². The number of fused-ring (bicyclic) bond motifs is 1. The molecular formula is C10H15BN2OS. The molecule has 1 aromatic heterocycles. The molecule has 3 nitrogen and oxygen atoms in total. The molecule has 5 heteroatoms. The van der Waals surface area contributed by atoms with Gasteiger partial charge in [0, 0.05) is 24.0 Å². The summed E-state index contributed by atoms with van der Waals surface area (Å²) in [6.45, 7) is 2.97. The Morgan fingerprint density at radius 1 is 1.60 bits per heavy atom. The minimum absolute atomic E-state index is 0.0107. The van der Waals surface area contributed by atoms with Crippen LogP contribution >= 0.6 is 11.3 Å². The second-order valence-corrected chi connectivity index (χ2v) is 4.58. The maximum atomic E-state index is 5.84. The van der Waals surface area contributed by atoms with Crippen LogP contribution < -0.4 is 4.78 Å². The Hall–Kier alpha value is -0.805. The normalized spacial score (nSPS) is 14.5. The highest BCUT2D eigenvalue weighted by molar-refractivity contribution is 7.21. The van der Waals surface area contributed by atoms with Crippen LogP contribution in [0, 0.1) is 0 Å². The lowest BCUT2D eigenvalue weighted by molar-refractivity contribution is 0.279. The molecule has 0 N–H and O–H groups in total. The van der Waals surface area contributed by atoms with Crippen LogP contribution in [0.5, 0.6) is 0 Å². The van der Waals surface area contributed by atoms with E-state index in [1.54, 1.807) is 11.3 Å². The number of unbranched alkanes of at least 4 members (excludes halogenated alkanes) is 1. The van der Waals surface area contributed by atoms with Crippen molar-refractivity contribution in [3.8, 4) is 0 Å². The molecule has 1 aliphatic rings. The Bertz CT molecular complexity index is 353. The highest BCUT2D eigenvalue weighted by Gasteiger charge is 2.30. The minimum Gasteiger partial charge on any atom is -0.411 e. The molecule has 0 fully saturated rings. The number of hydrogen-bond donors (Lipinski definition) is 0. The summed E-state index contributed by atoms with van der Waals surface area (Å²) in [5, 5.41) is 6.38. The summed E-state index contributed by atoms with van der Waals surface area (Å²) >= 11 is 1.74. The summed E-state index contributed by atoms with van der Waals surface area (Å²) in [7, 11) is 1.96. The van der Waals surface area contributed by atoms with Gasteiger partial charge < -0.3 is 9.57 Å². The molecule has 0 unspecified atom stereocenters. The van der Waals surface area contributed by atoms with Crippen LogP contribution in [0.15, 0.2) is 16.5 Å². The van der Waals surface area contributed by atoms with Crippen LogP contribution in [0.1, 0.15) is 25.3 Å². The van der Waals surface area contributed by atoms with Gasteiger partial charge in [0.2, 0.25) is 0 Å². The van der Waals surface area contributed by atoms with Gasteiger partial charge in [-0.25, -0.2) is 0 Å². The van der Waals surface area contributed by atoms with Gasteiger partial charge in [-0.3, -0.25) is 0 Å². The van der Waals surface area contributed by atoms with Gasteiger partial charge in [0.15, 0.2) is 0 Å². The summed E-state index contributed by atoms with van der Waals surface area (Å²) in [6.07, 6.45) is 4.16. The molecule has 0 bridgehead atoms. The Morgan fingerprint density at radius 2 is 2.47 bits per heavy atom. The summed E-state index contributed by atoms with van der Waals surface area (Å²) in [5.74, 6) is 0. The molecule has 0 saturated heterocycles. The fourth-order valence-corrected chi connectivity index (χ4v) is 2.50. The largest absolute Gasteiger partial charge is 0.479 e. The topological polar surface area (TPSA) is 24.8 Å². The molecule has 0 aliphatic carbocycles. The van der Waals surface area contributed by atoms with Crippen molar-refractivity contribution in [1.82, 2.24) is 4.92 Å². The molecule has 1 aliphatic heterocycles. The zero-order valence-corrected chi connectivity index (χ0v) is 9.96. The van der Waals surface area contributed by atoms with E-state index in [2.05, 4.69) is 23.5 Å². The van der Waals surface area contributed by atoms with Gasteiger partial charge in [-0.2, -0.15) is 16.4 Å². The fourth-order valence-electron chi connectivity index (χ4n) is 1.54. The van der Waals surface area contributed by atoms with Crippen LogP contribution in [0.25, 0.3) is 0 Å². The van der Waals surface area contributed by atoms with Crippen molar-refractivity contribution in [3.05, 3.63) is 17.0 Å². The number of hydrogen-bond acceptors (Lipinski definition) is 4. The van der Waals surface area contributed by atoms with E-state index in [1.165, 1.54) is 10.3 Å². The van der Waals surface area contributed by atoms with Gasteiger partial charge in [0.05, 0.1) is 6.21 Å². The lowest BCUT2D eigenvalue weighted by atomic mass is 9.77. The SMILES string of the molecule is CCCCOB1c2sccc2C=NN1C. The first kappa shape index (κ1) is 10.7. The van der Waals surface area contributed by atoms with Crippen LogP contribution in [0.4, 0.5) is 0 Å². The molecule has 0 aromatic carbocycles. The Morgan fingerprint density at radius 3 is 3.27 bits per heavy atom. The average molecular weight is 222 g/mol. The number of hydrazone groups is 1. The van der Waals surface area contributed by atoms with Gasteiger partial charge >= 0.3 is 7.05 Å². The maximum absolute atomic E-state index is 5.84. The Balaban J connectivity index is 2.07. The molecule has 2 rings (SSSR count). The highest BCUT2D eigenvalue weighted by atomic mass is 32.1. The van der Waals surface area contributed by atoms with Crippen LogP contribution in [-0.4, -0.2) is 31.8 Å². The summed E-state index contributed by atoms with van der Waals surface area (Å²) in [6, 6.07) is 2.09. The molecule has 1 aromatic rings. The van der Waals surface area contributed by atoms with Gasteiger partial charge in [-0.15, -0.1) is 0 Å². The van der Waals surface area contributed by atoms with Gasteiger partial charge in [0.25, 0.3) is 0 Å². The second kappa shape index (κ2) is 4.81. The van der Waals surface area contributed by atoms with E-state index in [0.717, 1.165) is 19.4 Å². The number of rotatable bonds is 4. The quantitative estimate of drug-likeness (QED) is 0.570. The van der Waals surface area contributed by atoms with E-state index in [4.69, 9.17) is 4.65 Å². The molecule has 0 saturated carbocycles. The summed E-state index contributed by atoms with van der Waals surface area (Å²) in [5.41, 5.74) is 1.19. The van der Waals surface area contributed by atoms with Gasteiger partial charge in [-0.1, -0.05) is 13.3 Å². The molecule has 0 spiro atoms. The third-order valence-electron chi connectivity index (χ3n) is 2.44. The lowest BCUT2D eigenvalue weighted by Gasteiger charge is -2.24. The Kier molecular flexibility index (Phi) is 3.43. The minimum atomic E-state index is 0.0107. The van der Waals surface area contributed by atoms with Crippen molar-refractivity contribution in [2.45, 2.75) is 19.8 Å². The predicted molar refractivity (Wildman–Crippen MR) is 65.9 cm³/mol. The zero-order valence-electron chi connectivity index (χ0n) is 9.14. The van der Waals surface area contributed by atoms with E-state index in [9.17, 15) is 0 Å². The lowest BCUT2D eigenvalue weighted by Crippen LogP contribution is -2.48. The van der Waals surface area contributed by atoms with Gasteiger partial charge in [0.1, 0.15) is 0 Å². The number of thiophene rings is 1. The van der Waals surface area contributed by atoms with Crippen molar-refractivity contribution >= 4 is 29.4 Å². The zero-order chi connectivity index (χ0) is 10.7. The van der Waals surface area contributed by atoms with Crippen LogP contribution in [0.3, 0.4) is 0 Å². The second-order valence-electron chi connectivity index (χ2n) is 3.64. The van der Waals surface area contributed by atoms with Crippen molar-refractivity contribution in [1.29, 1.82) is 0 Å². The third-order valence-corrected chi connectivity index (χ3v) is 3.41. The average Bonchev–Trinajstić information content (AvgIpc) is 2.69. The molecule has 15 heavy (non-hydrogen) atoms. The van der Waals surface area contributed by atoms with E-state index in [-0.39, 0.29) is 7.05 Å². The van der Waals surface area contributed by atoms with Crippen molar-refractivity contribution in [2.75, 3.05) is 13.7 Å². The van der Waals surface area contributed by atoms with Crippen molar-refractivity contribution in [3.63, 3.8) is 0 Å². The Labute approximate surface area is 94.9 Å². The monoisotopic (exact) mass is 222 g/mol. The van der Waals surface area contributed by atoms with Gasteiger partial charge in [-0.05, 0) is 17.9 Å². The molecule has 0 radical (unpaired) electrons. The standard InChI is InChI=1S/C10H15BN2OS/c1-3-4-6-14-11-10-9(5-7-15-10)8-12-13(11)2/h5,7-8H,3-4,6H2,1-2H3. The summed E-state index contributed by atoms with van der Waals surface area (Å²) < 4.78 is 7.11. The van der Waals surface area contributed by atoms with Crippen molar-refractivity contribution in [2.24, 2.45) is 5.10 Å².